The van der Waals surface area contributed by atoms with Gasteiger partial charge < -0.3 is 31.7 Å². The van der Waals surface area contributed by atoms with Gasteiger partial charge in [0.1, 0.15) is 30.2 Å². The summed E-state index contributed by atoms with van der Waals surface area (Å²) in [5.41, 5.74) is 5.46. The van der Waals surface area contributed by atoms with Gasteiger partial charge in [0.25, 0.3) is 0 Å². The molecule has 0 saturated carbocycles. The van der Waals surface area contributed by atoms with Gasteiger partial charge in [-0.1, -0.05) is 78.1 Å². The minimum Gasteiger partial charge on any atom is -0.480 e. The van der Waals surface area contributed by atoms with E-state index in [2.05, 4.69) is 17.6 Å². The molecule has 264 valence electrons. The number of carbonyl (C=O) groups excluding carboxylic acids is 4. The predicted octanol–water partition coefficient (Wildman–Crippen LogP) is 3.55. The van der Waals surface area contributed by atoms with Gasteiger partial charge in [0.2, 0.25) is 11.8 Å². The molecule has 0 heterocycles. The number of carbonyl (C=O) groups is 7. The zero-order chi connectivity index (χ0) is 34.9. The van der Waals surface area contributed by atoms with E-state index >= 15 is 0 Å². The molecule has 0 radical (unpaired) electrons. The van der Waals surface area contributed by atoms with Crippen LogP contribution in [-0.2, 0) is 33.6 Å². The Morgan fingerprint density at radius 1 is 0.696 bits per heavy atom. The normalized spacial score (nSPS) is 13.6. The van der Waals surface area contributed by atoms with Crippen molar-refractivity contribution in [3.8, 4) is 0 Å². The molecule has 0 aromatic carbocycles. The number of hydrogen-bond acceptors (Lipinski definition) is 9. The lowest BCUT2D eigenvalue weighted by molar-refractivity contribution is -0.143. The van der Waals surface area contributed by atoms with Crippen molar-refractivity contribution in [2.24, 2.45) is 17.6 Å². The molecule has 2 amide bonds. The number of Topliss-reactive ketones (excluding diaryl/α,β-unsaturated/α-hetero) is 2. The van der Waals surface area contributed by atoms with Crippen LogP contribution in [0.25, 0.3) is 0 Å². The first kappa shape index (κ1) is 43.0. The number of ketones is 2. The topological polar surface area (TPSA) is 230 Å². The Bertz CT molecular complexity index is 978. The second kappa shape index (κ2) is 26.1. The maximum atomic E-state index is 12.7. The van der Waals surface area contributed by atoms with Crippen molar-refractivity contribution in [1.29, 1.82) is 0 Å². The van der Waals surface area contributed by atoms with Gasteiger partial charge in [-0.05, 0) is 12.8 Å². The summed E-state index contributed by atoms with van der Waals surface area (Å²) in [6, 6.07) is -2.58. The average Bonchev–Trinajstić information content (AvgIpc) is 2.99. The number of rotatable bonds is 30. The van der Waals surface area contributed by atoms with Gasteiger partial charge in [-0.15, -0.1) is 0 Å². The van der Waals surface area contributed by atoms with Gasteiger partial charge in [0.05, 0.1) is 5.92 Å². The van der Waals surface area contributed by atoms with Crippen molar-refractivity contribution < 1.29 is 48.9 Å². The number of unbranched alkanes of at least 4 members (excludes halogenated alkanes) is 10. The Hall–Kier alpha value is -3.00. The number of thioether (sulfide) groups is 1. The Kier molecular flexibility index (Phi) is 24.4. The largest absolute Gasteiger partial charge is 0.480 e. The molecule has 0 aliphatic rings. The number of carboxylic acids is 3. The summed E-state index contributed by atoms with van der Waals surface area (Å²) in [5.74, 6) is -7.55. The number of nitrogens with two attached hydrogens (primary N) is 1. The molecule has 4 atom stereocenters. The van der Waals surface area contributed by atoms with Crippen LogP contribution < -0.4 is 16.4 Å². The Morgan fingerprint density at radius 3 is 1.76 bits per heavy atom. The van der Waals surface area contributed by atoms with Crippen LogP contribution in [0.15, 0.2) is 0 Å². The summed E-state index contributed by atoms with van der Waals surface area (Å²) in [4.78, 5) is 83.7. The van der Waals surface area contributed by atoms with Crippen LogP contribution in [0.2, 0.25) is 0 Å². The smallest absolute Gasteiger partial charge is 0.326 e. The molecular weight excluding hydrogens is 618 g/mol. The number of nitrogens with one attached hydrogen (secondary N) is 2. The lowest BCUT2D eigenvalue weighted by Gasteiger charge is -2.19. The highest BCUT2D eigenvalue weighted by Crippen LogP contribution is 2.17. The summed E-state index contributed by atoms with van der Waals surface area (Å²) < 4.78 is 0. The minimum atomic E-state index is -1.39. The highest BCUT2D eigenvalue weighted by Gasteiger charge is 2.27. The highest BCUT2D eigenvalue weighted by atomic mass is 32.2. The summed E-state index contributed by atoms with van der Waals surface area (Å²) in [5, 5.41) is 31.9. The third kappa shape index (κ3) is 22.5. The van der Waals surface area contributed by atoms with Crippen molar-refractivity contribution in [2.75, 3.05) is 18.1 Å². The standard InChI is InChI=1S/C32H55N3O10S/c1-3-4-5-6-7-8-9-10-11-12-13-14-24(36)17-22(2)29(40)35-27(32(44)45)16-15-25(37)18-23(30(41)34-19-28(38)39)20-46-21-26(33)31(42)43/h22-23,26-27H,3-21,33H2,1-2H3,(H,34,41)(H,35,40)(H,38,39)(H,42,43)(H,44,45)/t22-,23-,26+,27-/m1/s1. The van der Waals surface area contributed by atoms with Crippen LogP contribution in [0, 0.1) is 11.8 Å². The van der Waals surface area contributed by atoms with E-state index in [0.717, 1.165) is 37.4 Å². The number of aliphatic carboxylic acids is 3. The van der Waals surface area contributed by atoms with Gasteiger partial charge in [-0.25, -0.2) is 4.79 Å². The SMILES string of the molecule is CCCCCCCCCCCCCC(=O)C[C@@H](C)C(=O)N[C@H](CCC(=O)C[C@H](CSC[C@H](N)C(=O)O)C(=O)NCC(=O)O)C(=O)O. The minimum absolute atomic E-state index is 0.00873. The fourth-order valence-corrected chi connectivity index (χ4v) is 5.81. The summed E-state index contributed by atoms with van der Waals surface area (Å²) in [7, 11) is 0. The highest BCUT2D eigenvalue weighted by molar-refractivity contribution is 7.99. The van der Waals surface area contributed by atoms with Crippen LogP contribution in [0.3, 0.4) is 0 Å². The Balaban J connectivity index is 4.63. The lowest BCUT2D eigenvalue weighted by atomic mass is 9.97. The van der Waals surface area contributed by atoms with Gasteiger partial charge in [0, 0.05) is 43.1 Å². The quantitative estimate of drug-likeness (QED) is 0.0601. The van der Waals surface area contributed by atoms with Crippen molar-refractivity contribution >= 4 is 53.1 Å². The molecule has 0 rings (SSSR count). The van der Waals surface area contributed by atoms with E-state index in [1.54, 1.807) is 6.92 Å². The Morgan fingerprint density at radius 2 is 1.24 bits per heavy atom. The molecule has 0 saturated heterocycles. The molecule has 46 heavy (non-hydrogen) atoms. The number of hydrogen-bond donors (Lipinski definition) is 6. The van der Waals surface area contributed by atoms with Crippen molar-refractivity contribution in [3.05, 3.63) is 0 Å². The first-order valence-electron chi connectivity index (χ1n) is 16.4. The van der Waals surface area contributed by atoms with Crippen LogP contribution in [0.5, 0.6) is 0 Å². The van der Waals surface area contributed by atoms with Gasteiger partial charge in [-0.2, -0.15) is 11.8 Å². The molecule has 0 fully saturated rings. The summed E-state index contributed by atoms with van der Waals surface area (Å²) in [6.45, 7) is 3.08. The van der Waals surface area contributed by atoms with Gasteiger partial charge in [0.15, 0.2) is 0 Å². The number of amides is 2. The molecule has 0 aromatic rings. The van der Waals surface area contributed by atoms with E-state index in [9.17, 15) is 38.7 Å². The molecule has 0 aliphatic heterocycles. The van der Waals surface area contributed by atoms with E-state index in [1.807, 2.05) is 0 Å². The van der Waals surface area contributed by atoms with Gasteiger partial charge in [-0.3, -0.25) is 28.8 Å². The first-order chi connectivity index (χ1) is 21.8. The average molecular weight is 674 g/mol. The predicted molar refractivity (Wildman–Crippen MR) is 175 cm³/mol. The maximum Gasteiger partial charge on any atom is 0.326 e. The second-order valence-electron chi connectivity index (χ2n) is 11.9. The van der Waals surface area contributed by atoms with Crippen LogP contribution in [0.4, 0.5) is 0 Å². The summed E-state index contributed by atoms with van der Waals surface area (Å²) in [6.07, 6.45) is 12.3. The zero-order valence-corrected chi connectivity index (χ0v) is 28.2. The fourth-order valence-electron chi connectivity index (χ4n) is 4.72. The van der Waals surface area contributed by atoms with Crippen LogP contribution in [0.1, 0.15) is 117 Å². The molecule has 7 N–H and O–H groups in total. The monoisotopic (exact) mass is 673 g/mol. The molecule has 0 aliphatic carbocycles. The number of carboxylic acid groups (broad SMARTS) is 3. The first-order valence-corrected chi connectivity index (χ1v) is 17.6. The summed E-state index contributed by atoms with van der Waals surface area (Å²) >= 11 is 1.02. The molecule has 0 spiro atoms. The molecule has 14 heteroatoms. The molecule has 0 aromatic heterocycles. The molecule has 0 bridgehead atoms. The van der Waals surface area contributed by atoms with Crippen LogP contribution in [-0.4, -0.2) is 86.7 Å². The van der Waals surface area contributed by atoms with Gasteiger partial charge >= 0.3 is 17.9 Å². The molecular formula is C32H55N3O10S. The fraction of sp³-hybridized carbons (Fsp3) is 0.781. The van der Waals surface area contributed by atoms with Crippen molar-refractivity contribution in [1.82, 2.24) is 10.6 Å². The second-order valence-corrected chi connectivity index (χ2v) is 13.0. The van der Waals surface area contributed by atoms with E-state index in [1.165, 1.54) is 44.9 Å². The van der Waals surface area contributed by atoms with Crippen molar-refractivity contribution in [2.45, 2.75) is 129 Å². The molecule has 13 nitrogen and oxygen atoms in total. The molecule has 0 unspecified atom stereocenters. The Labute approximate surface area is 276 Å². The van der Waals surface area contributed by atoms with Crippen molar-refractivity contribution in [3.63, 3.8) is 0 Å². The van der Waals surface area contributed by atoms with E-state index in [4.69, 9.17) is 15.9 Å². The maximum absolute atomic E-state index is 12.7. The van der Waals surface area contributed by atoms with E-state index < -0.39 is 66.0 Å². The third-order valence-electron chi connectivity index (χ3n) is 7.56. The van der Waals surface area contributed by atoms with E-state index in [0.29, 0.717) is 6.42 Å². The van der Waals surface area contributed by atoms with Crippen LogP contribution >= 0.6 is 11.8 Å². The third-order valence-corrected chi connectivity index (χ3v) is 8.79. The lowest BCUT2D eigenvalue weighted by Crippen LogP contribution is -2.43. The van der Waals surface area contributed by atoms with E-state index in [-0.39, 0.29) is 43.0 Å². The zero-order valence-electron chi connectivity index (χ0n) is 27.4.